The zero-order chi connectivity index (χ0) is 10.8. The first-order valence-corrected chi connectivity index (χ1v) is 5.79. The minimum atomic E-state index is 0.275. The molecular formula is C12H25NO. The van der Waals surface area contributed by atoms with Gasteiger partial charge in [-0.1, -0.05) is 20.8 Å². The highest BCUT2D eigenvalue weighted by molar-refractivity contribution is 4.95. The van der Waals surface area contributed by atoms with Gasteiger partial charge in [-0.25, -0.2) is 0 Å². The quantitative estimate of drug-likeness (QED) is 0.734. The highest BCUT2D eigenvalue weighted by atomic mass is 16.5. The lowest BCUT2D eigenvalue weighted by atomic mass is 9.82. The van der Waals surface area contributed by atoms with Gasteiger partial charge >= 0.3 is 0 Å². The van der Waals surface area contributed by atoms with E-state index >= 15 is 0 Å². The molecule has 0 bridgehead atoms. The summed E-state index contributed by atoms with van der Waals surface area (Å²) in [7, 11) is 2.05. The lowest BCUT2D eigenvalue weighted by molar-refractivity contribution is -0.00869. The molecule has 2 atom stereocenters. The minimum Gasteiger partial charge on any atom is -0.377 e. The highest BCUT2D eigenvalue weighted by Crippen LogP contribution is 2.39. The summed E-state index contributed by atoms with van der Waals surface area (Å²) in [6.45, 7) is 9.76. The molecule has 0 amide bonds. The van der Waals surface area contributed by atoms with Crippen molar-refractivity contribution in [3.63, 3.8) is 0 Å². The molecule has 0 spiro atoms. The maximum atomic E-state index is 5.88. The molecule has 1 aliphatic rings. The first-order chi connectivity index (χ1) is 6.50. The van der Waals surface area contributed by atoms with Crippen molar-refractivity contribution in [2.24, 2.45) is 11.3 Å². The summed E-state index contributed by atoms with van der Waals surface area (Å²) in [4.78, 5) is 0. The number of hydrogen-bond acceptors (Lipinski definition) is 2. The summed E-state index contributed by atoms with van der Waals surface area (Å²) in [5.41, 5.74) is 0.275. The van der Waals surface area contributed by atoms with Gasteiger partial charge in [-0.15, -0.1) is 0 Å². The monoisotopic (exact) mass is 199 g/mol. The van der Waals surface area contributed by atoms with Gasteiger partial charge < -0.3 is 10.1 Å². The fraction of sp³-hybridized carbons (Fsp3) is 1.00. The number of ether oxygens (including phenoxy) is 1. The molecule has 0 aromatic rings. The van der Waals surface area contributed by atoms with Crippen molar-refractivity contribution in [1.82, 2.24) is 5.32 Å². The molecule has 84 valence electrons. The van der Waals surface area contributed by atoms with Gasteiger partial charge in [0.2, 0.25) is 0 Å². The van der Waals surface area contributed by atoms with E-state index in [2.05, 4.69) is 33.0 Å². The maximum Gasteiger partial charge on any atom is 0.0760 e. The van der Waals surface area contributed by atoms with Crippen LogP contribution in [-0.4, -0.2) is 25.8 Å². The van der Waals surface area contributed by atoms with Gasteiger partial charge in [-0.3, -0.25) is 0 Å². The second kappa shape index (κ2) is 4.63. The first kappa shape index (κ1) is 12.0. The van der Waals surface area contributed by atoms with Crippen molar-refractivity contribution in [2.45, 2.75) is 52.7 Å². The molecule has 0 aliphatic heterocycles. The van der Waals surface area contributed by atoms with Crippen LogP contribution in [0.3, 0.4) is 0 Å². The van der Waals surface area contributed by atoms with Crippen LogP contribution in [0.4, 0.5) is 0 Å². The average Bonchev–Trinajstić information content (AvgIpc) is 2.84. The van der Waals surface area contributed by atoms with Crippen LogP contribution >= 0.6 is 0 Å². The molecule has 1 aliphatic carbocycles. The Balaban J connectivity index is 2.62. The van der Waals surface area contributed by atoms with Gasteiger partial charge in [0.15, 0.2) is 0 Å². The van der Waals surface area contributed by atoms with Gasteiger partial charge in [-0.05, 0) is 38.1 Å². The smallest absolute Gasteiger partial charge is 0.0760 e. The molecule has 2 heteroatoms. The van der Waals surface area contributed by atoms with E-state index in [0.29, 0.717) is 12.1 Å². The lowest BCUT2D eigenvalue weighted by Crippen LogP contribution is -2.49. The van der Waals surface area contributed by atoms with E-state index in [1.54, 1.807) is 0 Å². The lowest BCUT2D eigenvalue weighted by Gasteiger charge is -2.37. The number of rotatable bonds is 5. The summed E-state index contributed by atoms with van der Waals surface area (Å²) >= 11 is 0. The van der Waals surface area contributed by atoms with E-state index in [1.807, 2.05) is 7.05 Å². The molecule has 1 saturated carbocycles. The SMILES string of the molecule is CCOC(C1CC1)C(NC)C(C)(C)C. The van der Waals surface area contributed by atoms with E-state index in [0.717, 1.165) is 12.5 Å². The standard InChI is InChI=1S/C12H25NO/c1-6-14-10(9-7-8-9)11(13-5)12(2,3)4/h9-11,13H,6-8H2,1-5H3. The van der Waals surface area contributed by atoms with E-state index in [-0.39, 0.29) is 5.41 Å². The molecule has 0 aromatic heterocycles. The Kier molecular flexibility index (Phi) is 3.96. The largest absolute Gasteiger partial charge is 0.377 e. The second-order valence-electron chi connectivity index (χ2n) is 5.39. The van der Waals surface area contributed by atoms with Crippen molar-refractivity contribution in [3.05, 3.63) is 0 Å². The molecule has 0 heterocycles. The summed E-state index contributed by atoms with van der Waals surface area (Å²) < 4.78 is 5.88. The molecule has 1 N–H and O–H groups in total. The van der Waals surface area contributed by atoms with E-state index < -0.39 is 0 Å². The van der Waals surface area contributed by atoms with Gasteiger partial charge in [0.05, 0.1) is 6.10 Å². The Hall–Kier alpha value is -0.0800. The predicted octanol–water partition coefficient (Wildman–Crippen LogP) is 2.44. The molecule has 2 nitrogen and oxygen atoms in total. The number of likely N-dealkylation sites (N-methyl/N-ethyl adjacent to an activating group) is 1. The Labute approximate surface area is 88.4 Å². The molecule has 1 rings (SSSR count). The van der Waals surface area contributed by atoms with Crippen LogP contribution in [0.5, 0.6) is 0 Å². The van der Waals surface area contributed by atoms with Gasteiger partial charge in [0.25, 0.3) is 0 Å². The summed E-state index contributed by atoms with van der Waals surface area (Å²) in [6, 6.07) is 0.468. The fourth-order valence-corrected chi connectivity index (χ4v) is 2.21. The zero-order valence-corrected chi connectivity index (χ0v) is 10.3. The van der Waals surface area contributed by atoms with Gasteiger partial charge in [-0.2, -0.15) is 0 Å². The third kappa shape index (κ3) is 2.96. The van der Waals surface area contributed by atoms with E-state index in [4.69, 9.17) is 4.74 Å². The maximum absolute atomic E-state index is 5.88. The van der Waals surface area contributed by atoms with Crippen molar-refractivity contribution in [3.8, 4) is 0 Å². The fourth-order valence-electron chi connectivity index (χ4n) is 2.21. The number of hydrogen-bond donors (Lipinski definition) is 1. The average molecular weight is 199 g/mol. The van der Waals surface area contributed by atoms with Crippen molar-refractivity contribution in [1.29, 1.82) is 0 Å². The van der Waals surface area contributed by atoms with Crippen molar-refractivity contribution < 1.29 is 4.74 Å². The van der Waals surface area contributed by atoms with Crippen LogP contribution in [0.2, 0.25) is 0 Å². The Morgan fingerprint density at radius 3 is 2.21 bits per heavy atom. The van der Waals surface area contributed by atoms with Gasteiger partial charge in [0, 0.05) is 12.6 Å². The van der Waals surface area contributed by atoms with Crippen LogP contribution < -0.4 is 5.32 Å². The minimum absolute atomic E-state index is 0.275. The number of nitrogens with one attached hydrogen (secondary N) is 1. The summed E-state index contributed by atoms with van der Waals surface area (Å²) in [6.07, 6.45) is 3.10. The molecular weight excluding hydrogens is 174 g/mol. The van der Waals surface area contributed by atoms with Crippen LogP contribution in [0.25, 0.3) is 0 Å². The molecule has 14 heavy (non-hydrogen) atoms. The molecule has 2 unspecified atom stereocenters. The Bertz CT molecular complexity index is 170. The Morgan fingerprint density at radius 1 is 1.36 bits per heavy atom. The van der Waals surface area contributed by atoms with E-state index in [9.17, 15) is 0 Å². The van der Waals surface area contributed by atoms with E-state index in [1.165, 1.54) is 12.8 Å². The van der Waals surface area contributed by atoms with Crippen LogP contribution in [0.1, 0.15) is 40.5 Å². The molecule has 0 radical (unpaired) electrons. The normalized spacial score (nSPS) is 22.1. The third-order valence-electron chi connectivity index (χ3n) is 3.02. The van der Waals surface area contributed by atoms with Crippen molar-refractivity contribution in [2.75, 3.05) is 13.7 Å². The first-order valence-electron chi connectivity index (χ1n) is 5.79. The van der Waals surface area contributed by atoms with Gasteiger partial charge in [0.1, 0.15) is 0 Å². The molecule has 1 fully saturated rings. The summed E-state index contributed by atoms with van der Waals surface area (Å²) in [5, 5.41) is 3.42. The van der Waals surface area contributed by atoms with Crippen LogP contribution in [0, 0.1) is 11.3 Å². The third-order valence-corrected chi connectivity index (χ3v) is 3.02. The molecule has 0 aromatic carbocycles. The summed E-state index contributed by atoms with van der Waals surface area (Å²) in [5.74, 6) is 0.798. The molecule has 0 saturated heterocycles. The zero-order valence-electron chi connectivity index (χ0n) is 10.3. The van der Waals surface area contributed by atoms with Crippen LogP contribution in [-0.2, 0) is 4.74 Å². The Morgan fingerprint density at radius 2 is 1.93 bits per heavy atom. The van der Waals surface area contributed by atoms with Crippen molar-refractivity contribution >= 4 is 0 Å². The topological polar surface area (TPSA) is 21.3 Å². The predicted molar refractivity (Wildman–Crippen MR) is 60.4 cm³/mol. The second-order valence-corrected chi connectivity index (χ2v) is 5.39. The highest BCUT2D eigenvalue weighted by Gasteiger charge is 2.41. The van der Waals surface area contributed by atoms with Crippen LogP contribution in [0.15, 0.2) is 0 Å².